The van der Waals surface area contributed by atoms with Crippen molar-refractivity contribution >= 4 is 22.5 Å². The summed E-state index contributed by atoms with van der Waals surface area (Å²) < 4.78 is 1.69. The molecule has 0 unspecified atom stereocenters. The van der Waals surface area contributed by atoms with Crippen LogP contribution in [-0.2, 0) is 13.1 Å². The Morgan fingerprint density at radius 3 is 2.21 bits per heavy atom. The Morgan fingerprint density at radius 1 is 0.966 bits per heavy atom. The maximum Gasteiger partial charge on any atom is 0.322 e. The number of fused-ring (bicyclic) bond motifs is 1. The van der Waals surface area contributed by atoms with E-state index >= 15 is 0 Å². The van der Waals surface area contributed by atoms with Crippen molar-refractivity contribution < 1.29 is 4.79 Å². The molecule has 3 aromatic rings. The zero-order valence-corrected chi connectivity index (χ0v) is 17.6. The van der Waals surface area contributed by atoms with E-state index in [4.69, 9.17) is 0 Å². The van der Waals surface area contributed by atoms with Crippen LogP contribution in [0.2, 0.25) is 0 Å². The molecule has 3 rings (SSSR count). The van der Waals surface area contributed by atoms with Crippen molar-refractivity contribution in [2.75, 3.05) is 5.32 Å². The number of aromatic nitrogens is 1. The van der Waals surface area contributed by atoms with E-state index in [0.717, 1.165) is 10.9 Å². The molecular weight excluding hydrogens is 362 g/mol. The molecule has 2 aromatic carbocycles. The van der Waals surface area contributed by atoms with Gasteiger partial charge in [-0.25, -0.2) is 4.79 Å². The summed E-state index contributed by atoms with van der Waals surface area (Å²) in [6.45, 7) is 9.26. The van der Waals surface area contributed by atoms with E-state index in [1.807, 2.05) is 68.4 Å². The van der Waals surface area contributed by atoms with Crippen molar-refractivity contribution in [2.24, 2.45) is 5.92 Å². The van der Waals surface area contributed by atoms with Crippen LogP contribution in [0.5, 0.6) is 0 Å². The first-order valence-corrected chi connectivity index (χ1v) is 10.1. The molecule has 29 heavy (non-hydrogen) atoms. The van der Waals surface area contributed by atoms with Gasteiger partial charge in [-0.1, -0.05) is 62.4 Å². The number of amides is 2. The minimum Gasteiger partial charge on any atom is -0.318 e. The van der Waals surface area contributed by atoms with Gasteiger partial charge >= 0.3 is 6.03 Å². The van der Waals surface area contributed by atoms with Gasteiger partial charge in [-0.3, -0.25) is 4.79 Å². The van der Waals surface area contributed by atoms with Crippen LogP contribution in [0.4, 0.5) is 10.5 Å². The second kappa shape index (κ2) is 8.95. The lowest BCUT2D eigenvalue weighted by molar-refractivity contribution is 0.193. The van der Waals surface area contributed by atoms with E-state index in [0.29, 0.717) is 30.1 Å². The van der Waals surface area contributed by atoms with E-state index in [9.17, 15) is 9.59 Å². The fraction of sp³-hybridized carbons (Fsp3) is 0.333. The number of nitrogens with zero attached hydrogens (tertiary/aromatic N) is 2. The topological polar surface area (TPSA) is 54.3 Å². The average molecular weight is 392 g/mol. The standard InChI is InChI=1S/C24H29N3O2/c1-17(2)14-26-16-22(20-12-8-9-13-21(20)23(26)28)25-24(29)27(18(3)4)15-19-10-6-5-7-11-19/h5-13,16-18H,14-15H2,1-4H3,(H,25,29). The SMILES string of the molecule is CC(C)Cn1cc(NC(=O)N(Cc2ccccc2)C(C)C)c2ccccc2c1=O. The second-order valence-electron chi connectivity index (χ2n) is 8.08. The van der Waals surface area contributed by atoms with Crippen LogP contribution in [0, 0.1) is 5.92 Å². The van der Waals surface area contributed by atoms with Crippen LogP contribution in [0.1, 0.15) is 33.3 Å². The highest BCUT2D eigenvalue weighted by molar-refractivity contribution is 6.01. The largest absolute Gasteiger partial charge is 0.322 e. The number of urea groups is 1. The van der Waals surface area contributed by atoms with E-state index in [1.54, 1.807) is 15.7 Å². The molecule has 0 spiro atoms. The molecule has 5 nitrogen and oxygen atoms in total. The van der Waals surface area contributed by atoms with Crippen molar-refractivity contribution in [1.29, 1.82) is 0 Å². The van der Waals surface area contributed by atoms with Crippen molar-refractivity contribution in [3.8, 4) is 0 Å². The predicted octanol–water partition coefficient (Wildman–Crippen LogP) is 5.10. The van der Waals surface area contributed by atoms with Crippen molar-refractivity contribution in [3.05, 3.63) is 76.7 Å². The van der Waals surface area contributed by atoms with E-state index < -0.39 is 0 Å². The highest BCUT2D eigenvalue weighted by Gasteiger charge is 2.19. The minimum atomic E-state index is -0.177. The summed E-state index contributed by atoms with van der Waals surface area (Å²) in [6, 6.07) is 17.2. The molecule has 152 valence electrons. The monoisotopic (exact) mass is 391 g/mol. The number of nitrogens with one attached hydrogen (secondary N) is 1. The van der Waals surface area contributed by atoms with E-state index in [2.05, 4.69) is 19.2 Å². The normalized spacial score (nSPS) is 11.2. The summed E-state index contributed by atoms with van der Waals surface area (Å²) in [5.41, 5.74) is 1.70. The number of anilines is 1. The van der Waals surface area contributed by atoms with Gasteiger partial charge in [0.1, 0.15) is 0 Å². The highest BCUT2D eigenvalue weighted by atomic mass is 16.2. The zero-order chi connectivity index (χ0) is 21.0. The third-order valence-electron chi connectivity index (χ3n) is 4.88. The summed E-state index contributed by atoms with van der Waals surface area (Å²) in [4.78, 5) is 27.8. The fourth-order valence-corrected chi connectivity index (χ4v) is 3.43. The van der Waals surface area contributed by atoms with Crippen LogP contribution >= 0.6 is 0 Å². The molecule has 0 bridgehead atoms. The third kappa shape index (κ3) is 4.86. The fourth-order valence-electron chi connectivity index (χ4n) is 3.43. The zero-order valence-electron chi connectivity index (χ0n) is 17.6. The van der Waals surface area contributed by atoms with Gasteiger partial charge in [0.2, 0.25) is 0 Å². The Hall–Kier alpha value is -3.08. The maximum atomic E-state index is 13.1. The van der Waals surface area contributed by atoms with Crippen LogP contribution in [-0.4, -0.2) is 21.5 Å². The lowest BCUT2D eigenvalue weighted by Crippen LogP contribution is -2.39. The smallest absolute Gasteiger partial charge is 0.318 e. The average Bonchev–Trinajstić information content (AvgIpc) is 2.69. The first kappa shape index (κ1) is 20.6. The summed E-state index contributed by atoms with van der Waals surface area (Å²) in [5.74, 6) is 0.322. The molecule has 2 amide bonds. The van der Waals surface area contributed by atoms with Crippen molar-refractivity contribution in [3.63, 3.8) is 0 Å². The molecule has 1 N–H and O–H groups in total. The summed E-state index contributed by atoms with van der Waals surface area (Å²) in [5, 5.41) is 4.43. The van der Waals surface area contributed by atoms with Crippen LogP contribution < -0.4 is 10.9 Å². The number of carbonyl (C=O) groups is 1. The first-order chi connectivity index (χ1) is 13.9. The molecule has 0 fully saturated rings. The molecule has 0 aliphatic heterocycles. The molecule has 0 atom stereocenters. The summed E-state index contributed by atoms with van der Waals surface area (Å²) in [7, 11) is 0. The summed E-state index contributed by atoms with van der Waals surface area (Å²) in [6.07, 6.45) is 1.77. The number of carbonyl (C=O) groups excluding carboxylic acids is 1. The Kier molecular flexibility index (Phi) is 6.37. The molecule has 0 aliphatic carbocycles. The van der Waals surface area contributed by atoms with Crippen LogP contribution in [0.15, 0.2) is 65.6 Å². The van der Waals surface area contributed by atoms with E-state index in [1.165, 1.54) is 0 Å². The molecular formula is C24H29N3O2. The van der Waals surface area contributed by atoms with Gasteiger partial charge in [0.05, 0.1) is 5.69 Å². The van der Waals surface area contributed by atoms with Crippen molar-refractivity contribution in [1.82, 2.24) is 9.47 Å². The predicted molar refractivity (Wildman–Crippen MR) is 119 cm³/mol. The number of hydrogen-bond donors (Lipinski definition) is 1. The maximum absolute atomic E-state index is 13.1. The Labute approximate surface area is 172 Å². The van der Waals surface area contributed by atoms with Gasteiger partial charge in [0, 0.05) is 36.1 Å². The first-order valence-electron chi connectivity index (χ1n) is 10.1. The van der Waals surface area contributed by atoms with Crippen molar-refractivity contribution in [2.45, 2.75) is 46.8 Å². The minimum absolute atomic E-state index is 0.0303. The molecule has 0 radical (unpaired) electrons. The lowest BCUT2D eigenvalue weighted by Gasteiger charge is -2.27. The van der Waals surface area contributed by atoms with Gasteiger partial charge in [0.25, 0.3) is 5.56 Å². The number of benzene rings is 2. The Morgan fingerprint density at radius 2 is 1.59 bits per heavy atom. The quantitative estimate of drug-likeness (QED) is 0.635. The Balaban J connectivity index is 1.96. The van der Waals surface area contributed by atoms with Gasteiger partial charge < -0.3 is 14.8 Å². The van der Waals surface area contributed by atoms with Crippen LogP contribution in [0.3, 0.4) is 0 Å². The van der Waals surface area contributed by atoms with Crippen LogP contribution in [0.25, 0.3) is 10.8 Å². The van der Waals surface area contributed by atoms with Gasteiger partial charge in [-0.15, -0.1) is 0 Å². The number of hydrogen-bond acceptors (Lipinski definition) is 2. The van der Waals surface area contributed by atoms with Gasteiger partial charge in [-0.05, 0) is 31.4 Å². The molecule has 5 heteroatoms. The van der Waals surface area contributed by atoms with Gasteiger partial charge in [0.15, 0.2) is 0 Å². The molecule has 1 aromatic heterocycles. The highest BCUT2D eigenvalue weighted by Crippen LogP contribution is 2.22. The summed E-state index contributed by atoms with van der Waals surface area (Å²) >= 11 is 0. The molecule has 0 aliphatic rings. The number of pyridine rings is 1. The molecule has 0 saturated carbocycles. The third-order valence-corrected chi connectivity index (χ3v) is 4.88. The molecule has 0 saturated heterocycles. The second-order valence-corrected chi connectivity index (χ2v) is 8.08. The Bertz CT molecular complexity index is 1040. The molecule has 1 heterocycles. The van der Waals surface area contributed by atoms with Gasteiger partial charge in [-0.2, -0.15) is 0 Å². The lowest BCUT2D eigenvalue weighted by atomic mass is 10.1. The number of rotatable bonds is 6. The van der Waals surface area contributed by atoms with E-state index in [-0.39, 0.29) is 17.6 Å².